The molecule has 1 aromatic rings. The van der Waals surface area contributed by atoms with E-state index < -0.39 is 30.7 Å². The Morgan fingerprint density at radius 1 is 1.53 bits per heavy atom. The molecule has 1 rings (SSSR count). The summed E-state index contributed by atoms with van der Waals surface area (Å²) in [4.78, 5) is 14.7. The fraction of sp³-hybridized carbons (Fsp3) is 0.636. The normalized spacial score (nSPS) is 15.8. The Morgan fingerprint density at radius 2 is 2.21 bits per heavy atom. The van der Waals surface area contributed by atoms with Crippen molar-refractivity contribution in [3.63, 3.8) is 0 Å². The minimum Gasteiger partial charge on any atom is -0.468 e. The summed E-state index contributed by atoms with van der Waals surface area (Å²) in [5.41, 5.74) is -0.491. The molecule has 0 aliphatic rings. The van der Waals surface area contributed by atoms with E-state index in [4.69, 9.17) is 14.6 Å². The molecule has 0 bridgehead atoms. The van der Waals surface area contributed by atoms with E-state index in [1.165, 1.54) is 31.0 Å². The Kier molecular flexibility index (Phi) is 5.87. The highest BCUT2D eigenvalue weighted by Crippen LogP contribution is 2.22. The van der Waals surface area contributed by atoms with Crippen molar-refractivity contribution in [3.05, 3.63) is 22.6 Å². The zero-order valence-corrected chi connectivity index (χ0v) is 10.7. The summed E-state index contributed by atoms with van der Waals surface area (Å²) in [6.07, 6.45) is -2.85. The minimum absolute atomic E-state index is 0.0231. The van der Waals surface area contributed by atoms with E-state index in [-0.39, 0.29) is 12.4 Å². The van der Waals surface area contributed by atoms with Crippen LogP contribution in [0.25, 0.3) is 0 Å². The Hall–Kier alpha value is -1.51. The molecule has 0 saturated heterocycles. The molecule has 1 heterocycles. The van der Waals surface area contributed by atoms with E-state index in [0.29, 0.717) is 0 Å². The van der Waals surface area contributed by atoms with Gasteiger partial charge in [-0.3, -0.25) is 9.36 Å². The van der Waals surface area contributed by atoms with Crippen molar-refractivity contribution in [2.45, 2.75) is 24.9 Å². The Morgan fingerprint density at radius 3 is 2.74 bits per heavy atom. The topological polar surface area (TPSA) is 93.8 Å². The number of rotatable bonds is 7. The molecule has 0 aliphatic carbocycles. The largest absolute Gasteiger partial charge is 0.468 e. The van der Waals surface area contributed by atoms with E-state index in [1.54, 1.807) is 0 Å². The first-order valence-corrected chi connectivity index (χ1v) is 5.62. The summed E-state index contributed by atoms with van der Waals surface area (Å²) >= 11 is 0. The molecular weight excluding hydrogens is 259 g/mol. The second-order valence-corrected chi connectivity index (χ2v) is 3.85. The van der Waals surface area contributed by atoms with E-state index in [1.807, 2.05) is 0 Å². The number of nitrogens with zero attached hydrogens (tertiary/aromatic N) is 2. The van der Waals surface area contributed by atoms with E-state index >= 15 is 0 Å². The maximum Gasteiger partial charge on any atom is 0.301 e. The Balaban J connectivity index is 2.94. The highest BCUT2D eigenvalue weighted by Gasteiger charge is 2.24. The molecule has 7 nitrogen and oxygen atoms in total. The lowest BCUT2D eigenvalue weighted by Gasteiger charge is -2.23. The Bertz CT molecular complexity index is 453. The quantitative estimate of drug-likeness (QED) is 0.696. The van der Waals surface area contributed by atoms with Gasteiger partial charge in [-0.15, -0.1) is 0 Å². The van der Waals surface area contributed by atoms with Gasteiger partial charge in [0.2, 0.25) is 0 Å². The van der Waals surface area contributed by atoms with Gasteiger partial charge in [0.25, 0.3) is 5.56 Å². The van der Waals surface area contributed by atoms with Crippen LogP contribution in [0, 0.1) is 0 Å². The molecule has 0 fully saturated rings. The molecular formula is C11H17FN2O5. The molecule has 108 valence electrons. The number of halogens is 1. The van der Waals surface area contributed by atoms with E-state index in [2.05, 4.69) is 4.98 Å². The van der Waals surface area contributed by atoms with Gasteiger partial charge in [0.1, 0.15) is 18.5 Å². The molecule has 3 atom stereocenters. The van der Waals surface area contributed by atoms with Gasteiger partial charge in [-0.1, -0.05) is 0 Å². The van der Waals surface area contributed by atoms with Crippen LogP contribution in [0.2, 0.25) is 0 Å². The monoisotopic (exact) mass is 276 g/mol. The lowest BCUT2D eigenvalue weighted by molar-refractivity contribution is -0.0321. The van der Waals surface area contributed by atoms with Crippen molar-refractivity contribution in [2.24, 2.45) is 0 Å². The molecule has 0 aromatic carbocycles. The molecule has 1 aromatic heterocycles. The zero-order chi connectivity index (χ0) is 14.4. The van der Waals surface area contributed by atoms with Gasteiger partial charge in [-0.05, 0) is 0 Å². The summed E-state index contributed by atoms with van der Waals surface area (Å²) in [6, 6.07) is 1.16. The van der Waals surface area contributed by atoms with Gasteiger partial charge in [-0.2, -0.15) is 4.98 Å². The number of hydrogen-bond donors (Lipinski definition) is 2. The number of methoxy groups -OCH3 is 2. The zero-order valence-electron chi connectivity index (χ0n) is 10.7. The predicted octanol–water partition coefficient (Wildman–Crippen LogP) is -0.522. The van der Waals surface area contributed by atoms with Gasteiger partial charge in [0, 0.05) is 25.8 Å². The first-order chi connectivity index (χ1) is 9.03. The van der Waals surface area contributed by atoms with Gasteiger partial charge >= 0.3 is 6.01 Å². The molecule has 0 unspecified atom stereocenters. The molecule has 0 saturated carbocycles. The molecule has 8 heteroatoms. The maximum atomic E-state index is 13.6. The third-order valence-electron chi connectivity index (χ3n) is 2.60. The number of aliphatic hydroxyl groups excluding tert-OH is 2. The fourth-order valence-corrected chi connectivity index (χ4v) is 1.55. The number of aromatic nitrogens is 2. The van der Waals surface area contributed by atoms with E-state index in [9.17, 15) is 14.3 Å². The predicted molar refractivity (Wildman–Crippen MR) is 63.7 cm³/mol. The van der Waals surface area contributed by atoms with Crippen molar-refractivity contribution in [1.29, 1.82) is 0 Å². The van der Waals surface area contributed by atoms with E-state index in [0.717, 1.165) is 0 Å². The number of ether oxygens (including phenoxy) is 2. The highest BCUT2D eigenvalue weighted by molar-refractivity contribution is 5.00. The van der Waals surface area contributed by atoms with Crippen LogP contribution >= 0.6 is 0 Å². The van der Waals surface area contributed by atoms with Crippen LogP contribution in [0.4, 0.5) is 4.39 Å². The maximum absolute atomic E-state index is 13.6. The average Bonchev–Trinajstić information content (AvgIpc) is 2.43. The summed E-state index contributed by atoms with van der Waals surface area (Å²) in [5, 5.41) is 17.9. The van der Waals surface area contributed by atoms with Crippen molar-refractivity contribution in [2.75, 3.05) is 20.8 Å². The summed E-state index contributed by atoms with van der Waals surface area (Å²) in [5.74, 6) is 0. The smallest absolute Gasteiger partial charge is 0.301 e. The summed E-state index contributed by atoms with van der Waals surface area (Å²) in [6.45, 7) is -0.683. The van der Waals surface area contributed by atoms with Crippen molar-refractivity contribution >= 4 is 0 Å². The van der Waals surface area contributed by atoms with Gasteiger partial charge in [0.05, 0.1) is 13.7 Å². The Labute approximate surface area is 109 Å². The van der Waals surface area contributed by atoms with Crippen LogP contribution in [0.15, 0.2) is 17.1 Å². The van der Waals surface area contributed by atoms with Gasteiger partial charge in [-0.25, -0.2) is 4.39 Å². The molecule has 0 aliphatic heterocycles. The third kappa shape index (κ3) is 3.98. The van der Waals surface area contributed by atoms with Gasteiger partial charge < -0.3 is 19.7 Å². The summed E-state index contributed by atoms with van der Waals surface area (Å²) in [7, 11) is 2.67. The first kappa shape index (κ1) is 15.5. The van der Waals surface area contributed by atoms with Crippen LogP contribution in [0.5, 0.6) is 6.01 Å². The van der Waals surface area contributed by atoms with Crippen molar-refractivity contribution < 1.29 is 24.1 Å². The SMILES string of the molecule is COc1nc(=O)ccn1[C@@H](C[C@H](F)[C@H](O)CO)OC. The standard InChI is InChI=1S/C11H17FN2O5/c1-18-10(5-7(12)8(16)6-15)14-4-3-9(17)13-11(14)19-2/h3-4,7-8,10,15-16H,5-6H2,1-2H3/t7-,8+,10+/m0/s1. The molecule has 0 radical (unpaired) electrons. The highest BCUT2D eigenvalue weighted by atomic mass is 19.1. The number of hydrogen-bond acceptors (Lipinski definition) is 6. The third-order valence-corrected chi connectivity index (χ3v) is 2.60. The minimum atomic E-state index is -1.68. The van der Waals surface area contributed by atoms with Crippen LogP contribution in [0.1, 0.15) is 12.6 Å². The summed E-state index contributed by atoms with van der Waals surface area (Å²) < 4.78 is 24.9. The number of aliphatic hydroxyl groups is 2. The number of alkyl halides is 1. The molecule has 0 amide bonds. The second-order valence-electron chi connectivity index (χ2n) is 3.85. The molecule has 19 heavy (non-hydrogen) atoms. The average molecular weight is 276 g/mol. The fourth-order valence-electron chi connectivity index (χ4n) is 1.55. The molecule has 2 N–H and O–H groups in total. The van der Waals surface area contributed by atoms with Crippen LogP contribution in [0.3, 0.4) is 0 Å². The lowest BCUT2D eigenvalue weighted by atomic mass is 10.1. The first-order valence-electron chi connectivity index (χ1n) is 5.62. The van der Waals surface area contributed by atoms with Crippen molar-refractivity contribution in [3.8, 4) is 6.01 Å². The van der Waals surface area contributed by atoms with Crippen LogP contribution in [-0.2, 0) is 4.74 Å². The molecule has 0 spiro atoms. The lowest BCUT2D eigenvalue weighted by Crippen LogP contribution is -2.30. The van der Waals surface area contributed by atoms with Crippen LogP contribution in [-0.4, -0.2) is 52.9 Å². The van der Waals surface area contributed by atoms with Crippen LogP contribution < -0.4 is 10.3 Å². The van der Waals surface area contributed by atoms with Gasteiger partial charge in [0.15, 0.2) is 0 Å². The second kappa shape index (κ2) is 7.17. The van der Waals surface area contributed by atoms with Crippen molar-refractivity contribution in [1.82, 2.24) is 9.55 Å².